The molecule has 0 aliphatic carbocycles. The van der Waals surface area contributed by atoms with Gasteiger partial charge in [0.1, 0.15) is 0 Å². The maximum absolute atomic E-state index is 11.8. The van der Waals surface area contributed by atoms with Gasteiger partial charge in [-0.25, -0.2) is 8.42 Å². The first-order valence-corrected chi connectivity index (χ1v) is 7.44. The molecule has 0 saturated carbocycles. The molecule has 0 aliphatic rings. The largest absolute Gasteiger partial charge is 0.397 e. The zero-order chi connectivity index (χ0) is 13.8. The number of nitrogens with one attached hydrogen (secondary N) is 1. The molecule has 0 aromatic heterocycles. The number of rotatable bonds is 6. The van der Waals surface area contributed by atoms with E-state index in [0.717, 1.165) is 5.56 Å². The fraction of sp³-hybridized carbons (Fsp3) is 0.500. The minimum Gasteiger partial charge on any atom is -0.397 e. The number of hydrogen-bond donors (Lipinski definition) is 2. The molecular formula is C12H20N2O3S. The minimum absolute atomic E-state index is 0.0173. The molecule has 0 fully saturated rings. The number of nitrogens with two attached hydrogens (primary N) is 1. The Hall–Kier alpha value is -1.27. The van der Waals surface area contributed by atoms with Crippen LogP contribution in [0.4, 0.5) is 11.4 Å². The maximum atomic E-state index is 11.8. The maximum Gasteiger partial charge on any atom is 0.235 e. The summed E-state index contributed by atoms with van der Waals surface area (Å²) in [6.07, 6.45) is 0.0173. The van der Waals surface area contributed by atoms with E-state index in [0.29, 0.717) is 11.4 Å². The van der Waals surface area contributed by atoms with Crippen LogP contribution in [0.15, 0.2) is 18.2 Å². The zero-order valence-electron chi connectivity index (χ0n) is 10.9. The molecule has 1 rings (SSSR count). The third-order valence-corrected chi connectivity index (χ3v) is 3.59. The van der Waals surface area contributed by atoms with Gasteiger partial charge in [0.2, 0.25) is 10.0 Å². The van der Waals surface area contributed by atoms with Gasteiger partial charge in [-0.3, -0.25) is 4.72 Å². The molecule has 102 valence electrons. The number of para-hydroxylation sites is 1. The second-order valence-corrected chi connectivity index (χ2v) is 6.22. The second kappa shape index (κ2) is 6.06. The highest BCUT2D eigenvalue weighted by Crippen LogP contribution is 2.23. The molecule has 0 saturated heterocycles. The van der Waals surface area contributed by atoms with E-state index in [1.54, 1.807) is 25.1 Å². The first-order chi connectivity index (χ1) is 8.32. The molecule has 0 spiro atoms. The topological polar surface area (TPSA) is 81.4 Å². The van der Waals surface area contributed by atoms with Crippen molar-refractivity contribution in [1.29, 1.82) is 0 Å². The van der Waals surface area contributed by atoms with E-state index in [9.17, 15) is 8.42 Å². The molecule has 0 aliphatic heterocycles. The smallest absolute Gasteiger partial charge is 0.235 e. The van der Waals surface area contributed by atoms with Crippen molar-refractivity contribution in [3.63, 3.8) is 0 Å². The van der Waals surface area contributed by atoms with Crippen molar-refractivity contribution in [3.8, 4) is 0 Å². The standard InChI is InChI=1S/C12H20N2O3S/c1-9(2)17-7-8-18(15,16)14-12-10(3)5-4-6-11(12)13/h4-6,9,14H,7-8,13H2,1-3H3. The molecule has 3 N–H and O–H groups in total. The van der Waals surface area contributed by atoms with Gasteiger partial charge in [0.25, 0.3) is 0 Å². The number of sulfonamides is 1. The Labute approximate surface area is 108 Å². The molecule has 6 heteroatoms. The van der Waals surface area contributed by atoms with E-state index >= 15 is 0 Å². The van der Waals surface area contributed by atoms with Crippen molar-refractivity contribution in [2.45, 2.75) is 26.9 Å². The minimum atomic E-state index is -3.43. The summed E-state index contributed by atoms with van der Waals surface area (Å²) in [5.74, 6) is -0.0844. The number of ether oxygens (including phenoxy) is 1. The summed E-state index contributed by atoms with van der Waals surface area (Å²) in [7, 11) is -3.43. The van der Waals surface area contributed by atoms with Crippen molar-refractivity contribution in [1.82, 2.24) is 0 Å². The molecule has 1 aromatic carbocycles. The molecule has 0 amide bonds. The van der Waals surface area contributed by atoms with Crippen LogP contribution in [-0.2, 0) is 14.8 Å². The average molecular weight is 272 g/mol. The lowest BCUT2D eigenvalue weighted by molar-refractivity contribution is 0.0913. The van der Waals surface area contributed by atoms with Crippen molar-refractivity contribution in [3.05, 3.63) is 23.8 Å². The number of anilines is 2. The van der Waals surface area contributed by atoms with Crippen LogP contribution in [-0.4, -0.2) is 26.9 Å². The summed E-state index contributed by atoms with van der Waals surface area (Å²) in [5, 5.41) is 0. The summed E-state index contributed by atoms with van der Waals surface area (Å²) >= 11 is 0. The van der Waals surface area contributed by atoms with Gasteiger partial charge < -0.3 is 10.5 Å². The van der Waals surface area contributed by atoms with Gasteiger partial charge in [-0.2, -0.15) is 0 Å². The van der Waals surface area contributed by atoms with E-state index in [1.807, 2.05) is 13.8 Å². The Bertz CT molecular complexity index is 478. The predicted molar refractivity (Wildman–Crippen MR) is 74.1 cm³/mol. The molecule has 0 unspecified atom stereocenters. The summed E-state index contributed by atoms with van der Waals surface area (Å²) in [6, 6.07) is 5.25. The van der Waals surface area contributed by atoms with E-state index in [-0.39, 0.29) is 18.5 Å². The number of hydrogen-bond acceptors (Lipinski definition) is 4. The van der Waals surface area contributed by atoms with Crippen LogP contribution in [0.3, 0.4) is 0 Å². The zero-order valence-corrected chi connectivity index (χ0v) is 11.8. The Morgan fingerprint density at radius 3 is 2.61 bits per heavy atom. The monoisotopic (exact) mass is 272 g/mol. The van der Waals surface area contributed by atoms with Crippen LogP contribution in [0, 0.1) is 6.92 Å². The summed E-state index contributed by atoms with van der Waals surface area (Å²) in [5.41, 5.74) is 7.41. The van der Waals surface area contributed by atoms with Crippen LogP contribution < -0.4 is 10.5 Å². The number of aryl methyl sites for hydroxylation is 1. The van der Waals surface area contributed by atoms with Crippen molar-refractivity contribution in [2.75, 3.05) is 22.8 Å². The van der Waals surface area contributed by atoms with E-state index in [4.69, 9.17) is 10.5 Å². The van der Waals surface area contributed by atoms with Crippen LogP contribution in [0.1, 0.15) is 19.4 Å². The van der Waals surface area contributed by atoms with E-state index in [1.165, 1.54) is 0 Å². The molecule has 1 aromatic rings. The van der Waals surface area contributed by atoms with E-state index < -0.39 is 10.0 Å². The lowest BCUT2D eigenvalue weighted by atomic mass is 10.2. The lowest BCUT2D eigenvalue weighted by Crippen LogP contribution is -2.22. The third-order valence-electron chi connectivity index (χ3n) is 2.37. The molecule has 0 heterocycles. The molecular weight excluding hydrogens is 252 g/mol. The Kier molecular flexibility index (Phi) is 4.98. The van der Waals surface area contributed by atoms with E-state index in [2.05, 4.69) is 4.72 Å². The molecule has 5 nitrogen and oxygen atoms in total. The fourth-order valence-electron chi connectivity index (χ4n) is 1.43. The van der Waals surface area contributed by atoms with Crippen LogP contribution in [0.25, 0.3) is 0 Å². The Balaban J connectivity index is 2.71. The molecule has 0 bridgehead atoms. The highest BCUT2D eigenvalue weighted by molar-refractivity contribution is 7.92. The van der Waals surface area contributed by atoms with Crippen LogP contribution in [0.2, 0.25) is 0 Å². The average Bonchev–Trinajstić information content (AvgIpc) is 2.23. The predicted octanol–water partition coefficient (Wildman–Crippen LogP) is 1.74. The van der Waals surface area contributed by atoms with Gasteiger partial charge in [0, 0.05) is 0 Å². The lowest BCUT2D eigenvalue weighted by Gasteiger charge is -2.13. The Morgan fingerprint density at radius 1 is 1.39 bits per heavy atom. The first-order valence-electron chi connectivity index (χ1n) is 5.79. The molecule has 0 atom stereocenters. The van der Waals surface area contributed by atoms with Crippen molar-refractivity contribution in [2.24, 2.45) is 0 Å². The third kappa shape index (κ3) is 4.54. The number of nitrogen functional groups attached to an aromatic ring is 1. The first kappa shape index (κ1) is 14.8. The van der Waals surface area contributed by atoms with Crippen molar-refractivity contribution >= 4 is 21.4 Å². The van der Waals surface area contributed by atoms with Crippen molar-refractivity contribution < 1.29 is 13.2 Å². The summed E-state index contributed by atoms with van der Waals surface area (Å²) in [4.78, 5) is 0. The normalized spacial score (nSPS) is 11.8. The molecule has 0 radical (unpaired) electrons. The van der Waals surface area contributed by atoms with Gasteiger partial charge in [-0.15, -0.1) is 0 Å². The summed E-state index contributed by atoms with van der Waals surface area (Å²) in [6.45, 7) is 5.69. The highest BCUT2D eigenvalue weighted by atomic mass is 32.2. The van der Waals surface area contributed by atoms with Gasteiger partial charge >= 0.3 is 0 Å². The van der Waals surface area contributed by atoms with Gasteiger partial charge in [-0.05, 0) is 32.4 Å². The SMILES string of the molecule is Cc1cccc(N)c1NS(=O)(=O)CCOC(C)C. The fourth-order valence-corrected chi connectivity index (χ4v) is 2.44. The van der Waals surface area contributed by atoms with Crippen LogP contribution >= 0.6 is 0 Å². The molecule has 18 heavy (non-hydrogen) atoms. The number of benzene rings is 1. The quantitative estimate of drug-likeness (QED) is 0.773. The van der Waals surface area contributed by atoms with Gasteiger partial charge in [0.15, 0.2) is 0 Å². The Morgan fingerprint density at radius 2 is 2.06 bits per heavy atom. The van der Waals surface area contributed by atoms with Gasteiger partial charge in [0.05, 0.1) is 29.8 Å². The van der Waals surface area contributed by atoms with Gasteiger partial charge in [-0.1, -0.05) is 12.1 Å². The van der Waals surface area contributed by atoms with Crippen LogP contribution in [0.5, 0.6) is 0 Å². The second-order valence-electron chi connectivity index (χ2n) is 4.38. The summed E-state index contributed by atoms with van der Waals surface area (Å²) < 4.78 is 31.4. The highest BCUT2D eigenvalue weighted by Gasteiger charge is 2.14.